The molecule has 3 amide bonds. The van der Waals surface area contributed by atoms with Crippen LogP contribution in [0, 0.1) is 0 Å². The number of hydrogen-bond donors (Lipinski definition) is 3. The van der Waals surface area contributed by atoms with E-state index in [0.29, 0.717) is 40.1 Å². The van der Waals surface area contributed by atoms with Crippen LogP contribution in [0.2, 0.25) is 5.02 Å². The first kappa shape index (κ1) is 26.2. The van der Waals surface area contributed by atoms with E-state index in [1.807, 2.05) is 6.92 Å². The molecule has 0 aromatic heterocycles. The van der Waals surface area contributed by atoms with Crippen molar-refractivity contribution in [3.05, 3.63) is 83.4 Å². The van der Waals surface area contributed by atoms with Gasteiger partial charge >= 0.3 is 11.8 Å². The minimum absolute atomic E-state index is 0.196. The summed E-state index contributed by atoms with van der Waals surface area (Å²) in [6, 6.07) is 20.3. The summed E-state index contributed by atoms with van der Waals surface area (Å²) in [5.41, 5.74) is 3.78. The summed E-state index contributed by atoms with van der Waals surface area (Å²) in [5, 5.41) is 9.38. The summed E-state index contributed by atoms with van der Waals surface area (Å²) < 4.78 is 10.9. The number of nitrogens with one attached hydrogen (secondary N) is 3. The first-order chi connectivity index (χ1) is 17.4. The number of carbonyl (C=O) groups is 3. The zero-order chi connectivity index (χ0) is 25.8. The number of para-hydroxylation sites is 1. The molecule has 0 aliphatic carbocycles. The van der Waals surface area contributed by atoms with E-state index < -0.39 is 11.8 Å². The molecule has 0 radical (unpaired) electrons. The zero-order valence-electron chi connectivity index (χ0n) is 19.5. The molecule has 0 aliphatic rings. The predicted octanol–water partition coefficient (Wildman–Crippen LogP) is 4.24. The van der Waals surface area contributed by atoms with Crippen molar-refractivity contribution in [3.8, 4) is 11.5 Å². The van der Waals surface area contributed by atoms with E-state index in [0.717, 1.165) is 6.42 Å². The van der Waals surface area contributed by atoms with Crippen molar-refractivity contribution in [1.82, 2.24) is 5.43 Å². The van der Waals surface area contributed by atoms with Crippen LogP contribution in [0.3, 0.4) is 0 Å². The van der Waals surface area contributed by atoms with Gasteiger partial charge in [0.2, 0.25) is 0 Å². The fourth-order valence-electron chi connectivity index (χ4n) is 2.81. The van der Waals surface area contributed by atoms with Gasteiger partial charge in [-0.2, -0.15) is 5.10 Å². The number of hydrogen-bond acceptors (Lipinski definition) is 6. The molecule has 186 valence electrons. The molecule has 0 saturated carbocycles. The maximum atomic E-state index is 12.0. The maximum Gasteiger partial charge on any atom is 0.329 e. The largest absolute Gasteiger partial charge is 0.494 e. The normalized spacial score (nSPS) is 10.5. The molecule has 10 heteroatoms. The average molecular weight is 509 g/mol. The van der Waals surface area contributed by atoms with E-state index in [2.05, 4.69) is 21.2 Å². The van der Waals surface area contributed by atoms with Crippen molar-refractivity contribution in [2.24, 2.45) is 5.10 Å². The molecule has 0 fully saturated rings. The van der Waals surface area contributed by atoms with Gasteiger partial charge in [0.1, 0.15) is 11.5 Å². The lowest BCUT2D eigenvalue weighted by Crippen LogP contribution is -2.32. The summed E-state index contributed by atoms with van der Waals surface area (Å²) in [4.78, 5) is 36.0. The molecule has 3 N–H and O–H groups in total. The highest BCUT2D eigenvalue weighted by atomic mass is 35.5. The van der Waals surface area contributed by atoms with Crippen molar-refractivity contribution in [1.29, 1.82) is 0 Å². The molecule has 3 aromatic rings. The van der Waals surface area contributed by atoms with Gasteiger partial charge in [0.05, 0.1) is 23.5 Å². The van der Waals surface area contributed by atoms with E-state index in [1.54, 1.807) is 72.8 Å². The average Bonchev–Trinajstić information content (AvgIpc) is 2.89. The van der Waals surface area contributed by atoms with Crippen LogP contribution in [0.15, 0.2) is 77.9 Å². The Kier molecular flexibility index (Phi) is 9.84. The molecule has 0 saturated heterocycles. The van der Waals surface area contributed by atoms with Gasteiger partial charge in [0, 0.05) is 5.69 Å². The maximum absolute atomic E-state index is 12.0. The number of nitrogens with zero attached hydrogens (tertiary/aromatic N) is 1. The molecule has 0 atom stereocenters. The topological polar surface area (TPSA) is 118 Å². The van der Waals surface area contributed by atoms with Gasteiger partial charge in [-0.3, -0.25) is 14.4 Å². The van der Waals surface area contributed by atoms with Crippen LogP contribution in [0.4, 0.5) is 11.4 Å². The van der Waals surface area contributed by atoms with Gasteiger partial charge in [-0.05, 0) is 72.6 Å². The van der Waals surface area contributed by atoms with E-state index in [1.165, 1.54) is 6.21 Å². The number of hydrazone groups is 1. The SMILES string of the molecule is CCCOc1ccc(NC(=O)C(=O)N/N=C\c2ccc(OCC(=O)Nc3ccccc3Cl)cc2)cc1. The van der Waals surface area contributed by atoms with Crippen molar-refractivity contribution in [2.75, 3.05) is 23.8 Å². The standard InChI is InChI=1S/C26H25ClN4O5/c1-2-15-35-20-13-9-19(10-14-20)29-25(33)26(34)31-28-16-18-7-11-21(12-8-18)36-17-24(32)30-23-6-4-3-5-22(23)27/h3-14,16H,2,15,17H2,1H3,(H,29,33)(H,30,32)(H,31,34)/b28-16-. The molecule has 0 heterocycles. The quantitative estimate of drug-likeness (QED) is 0.215. The molecule has 36 heavy (non-hydrogen) atoms. The lowest BCUT2D eigenvalue weighted by Gasteiger charge is -2.08. The van der Waals surface area contributed by atoms with Crippen molar-refractivity contribution in [2.45, 2.75) is 13.3 Å². The summed E-state index contributed by atoms with van der Waals surface area (Å²) in [7, 11) is 0. The van der Waals surface area contributed by atoms with Crippen molar-refractivity contribution >= 4 is 46.9 Å². The van der Waals surface area contributed by atoms with Gasteiger partial charge in [-0.1, -0.05) is 30.7 Å². The van der Waals surface area contributed by atoms with Crippen LogP contribution in [-0.2, 0) is 14.4 Å². The zero-order valence-corrected chi connectivity index (χ0v) is 20.2. The second-order valence-electron chi connectivity index (χ2n) is 7.41. The van der Waals surface area contributed by atoms with E-state index >= 15 is 0 Å². The summed E-state index contributed by atoms with van der Waals surface area (Å²) >= 11 is 6.02. The molecule has 0 spiro atoms. The molecule has 0 bridgehead atoms. The first-order valence-corrected chi connectivity index (χ1v) is 11.5. The Hall–Kier alpha value is -4.37. The van der Waals surface area contributed by atoms with Crippen LogP contribution in [0.25, 0.3) is 0 Å². The Labute approximate surface area is 213 Å². The van der Waals surface area contributed by atoms with Gasteiger partial charge < -0.3 is 20.1 Å². The van der Waals surface area contributed by atoms with E-state index in [9.17, 15) is 14.4 Å². The van der Waals surface area contributed by atoms with Crippen LogP contribution in [-0.4, -0.2) is 37.1 Å². The Morgan fingerprint density at radius 1 is 0.861 bits per heavy atom. The minimum Gasteiger partial charge on any atom is -0.494 e. The summed E-state index contributed by atoms with van der Waals surface area (Å²) in [6.07, 6.45) is 2.26. The lowest BCUT2D eigenvalue weighted by molar-refractivity contribution is -0.136. The third kappa shape index (κ3) is 8.44. The van der Waals surface area contributed by atoms with Crippen LogP contribution in [0.5, 0.6) is 11.5 Å². The van der Waals surface area contributed by atoms with Gasteiger partial charge in [0.25, 0.3) is 5.91 Å². The fourth-order valence-corrected chi connectivity index (χ4v) is 2.99. The smallest absolute Gasteiger partial charge is 0.329 e. The van der Waals surface area contributed by atoms with Crippen molar-refractivity contribution in [3.63, 3.8) is 0 Å². The highest BCUT2D eigenvalue weighted by Gasteiger charge is 2.13. The molecule has 0 aliphatic heterocycles. The summed E-state index contributed by atoms with van der Waals surface area (Å²) in [6.45, 7) is 2.41. The van der Waals surface area contributed by atoms with Crippen LogP contribution < -0.4 is 25.5 Å². The van der Waals surface area contributed by atoms with Gasteiger partial charge in [-0.15, -0.1) is 0 Å². The molecular weight excluding hydrogens is 484 g/mol. The number of rotatable bonds is 10. The molecule has 9 nitrogen and oxygen atoms in total. The van der Waals surface area contributed by atoms with Crippen LogP contribution >= 0.6 is 11.6 Å². The number of anilines is 2. The number of amides is 3. The third-order valence-electron chi connectivity index (χ3n) is 4.57. The minimum atomic E-state index is -0.915. The van der Waals surface area contributed by atoms with Gasteiger partial charge in [-0.25, -0.2) is 5.43 Å². The number of carbonyl (C=O) groups excluding carboxylic acids is 3. The van der Waals surface area contributed by atoms with E-state index in [4.69, 9.17) is 21.1 Å². The fraction of sp³-hybridized carbons (Fsp3) is 0.154. The molecule has 0 unspecified atom stereocenters. The Morgan fingerprint density at radius 2 is 1.53 bits per heavy atom. The van der Waals surface area contributed by atoms with Crippen LogP contribution in [0.1, 0.15) is 18.9 Å². The first-order valence-electron chi connectivity index (χ1n) is 11.1. The second kappa shape index (κ2) is 13.5. The molecular formula is C26H25ClN4O5. The van der Waals surface area contributed by atoms with E-state index in [-0.39, 0.29) is 12.5 Å². The molecule has 3 aromatic carbocycles. The lowest BCUT2D eigenvalue weighted by atomic mass is 10.2. The molecule has 3 rings (SSSR count). The number of ether oxygens (including phenoxy) is 2. The monoisotopic (exact) mass is 508 g/mol. The predicted molar refractivity (Wildman–Crippen MR) is 139 cm³/mol. The number of halogens is 1. The Balaban J connectivity index is 1.41. The highest BCUT2D eigenvalue weighted by Crippen LogP contribution is 2.20. The third-order valence-corrected chi connectivity index (χ3v) is 4.90. The Bertz CT molecular complexity index is 1210. The van der Waals surface area contributed by atoms with Gasteiger partial charge in [0.15, 0.2) is 6.61 Å². The number of benzene rings is 3. The van der Waals surface area contributed by atoms with Crippen molar-refractivity contribution < 1.29 is 23.9 Å². The Morgan fingerprint density at radius 3 is 2.22 bits per heavy atom. The second-order valence-corrected chi connectivity index (χ2v) is 7.82. The summed E-state index contributed by atoms with van der Waals surface area (Å²) in [5.74, 6) is -0.970. The highest BCUT2D eigenvalue weighted by molar-refractivity contribution is 6.39.